The molecule has 1 aliphatic heterocycles. The molecule has 0 saturated carbocycles. The van der Waals surface area contributed by atoms with Crippen LogP contribution in [0.5, 0.6) is 5.75 Å². The predicted octanol–water partition coefficient (Wildman–Crippen LogP) is 1.99. The van der Waals surface area contributed by atoms with Gasteiger partial charge >= 0.3 is 0 Å². The predicted molar refractivity (Wildman–Crippen MR) is 107 cm³/mol. The van der Waals surface area contributed by atoms with Gasteiger partial charge in [-0.05, 0) is 36.8 Å². The largest absolute Gasteiger partial charge is 0.493 e. The van der Waals surface area contributed by atoms with Crippen LogP contribution in [0.2, 0.25) is 0 Å². The van der Waals surface area contributed by atoms with E-state index in [2.05, 4.69) is 5.32 Å². The molecule has 0 spiro atoms. The quantitative estimate of drug-likeness (QED) is 0.688. The van der Waals surface area contributed by atoms with Crippen LogP contribution in [0.15, 0.2) is 42.5 Å². The molecular formula is C20H22ClN3O4. The Morgan fingerprint density at radius 3 is 2.32 bits per heavy atom. The number of ether oxygens (including phenoxy) is 1. The first-order chi connectivity index (χ1) is 13.1. The summed E-state index contributed by atoms with van der Waals surface area (Å²) in [6.07, 6.45) is 0. The first-order valence-electron chi connectivity index (χ1n) is 8.76. The minimum Gasteiger partial charge on any atom is -0.493 e. The van der Waals surface area contributed by atoms with Gasteiger partial charge in [0.15, 0.2) is 0 Å². The Hall–Kier alpha value is -2.90. The second kappa shape index (κ2) is 9.34. The van der Waals surface area contributed by atoms with Gasteiger partial charge in [0, 0.05) is 13.1 Å². The number of hydrogen-bond donors (Lipinski definition) is 2. The molecule has 3 amide bonds. The Morgan fingerprint density at radius 2 is 1.75 bits per heavy atom. The molecule has 1 aliphatic rings. The molecule has 7 nitrogen and oxygen atoms in total. The van der Waals surface area contributed by atoms with E-state index >= 15 is 0 Å². The zero-order chi connectivity index (χ0) is 19.4. The highest BCUT2D eigenvalue weighted by Gasteiger charge is 2.35. The maximum Gasteiger partial charge on any atom is 0.261 e. The fourth-order valence-corrected chi connectivity index (χ4v) is 2.98. The van der Waals surface area contributed by atoms with Gasteiger partial charge in [-0.2, -0.15) is 0 Å². The zero-order valence-corrected chi connectivity index (χ0v) is 16.3. The molecule has 0 saturated heterocycles. The van der Waals surface area contributed by atoms with Crippen molar-refractivity contribution in [2.75, 3.05) is 19.7 Å². The van der Waals surface area contributed by atoms with Crippen LogP contribution in [-0.4, -0.2) is 42.3 Å². The van der Waals surface area contributed by atoms with Crippen LogP contribution < -0.4 is 15.8 Å². The van der Waals surface area contributed by atoms with Crippen molar-refractivity contribution < 1.29 is 19.1 Å². The van der Waals surface area contributed by atoms with Crippen molar-refractivity contribution in [1.29, 1.82) is 0 Å². The number of amides is 3. The number of nitrogens with zero attached hydrogens (tertiary/aromatic N) is 1. The number of imide groups is 1. The molecule has 8 heteroatoms. The number of halogens is 1. The summed E-state index contributed by atoms with van der Waals surface area (Å²) in [5.41, 5.74) is 7.24. The van der Waals surface area contributed by atoms with E-state index in [9.17, 15) is 14.4 Å². The van der Waals surface area contributed by atoms with Crippen LogP contribution in [0.4, 0.5) is 0 Å². The Labute approximate surface area is 169 Å². The third-order valence-corrected chi connectivity index (χ3v) is 4.24. The lowest BCUT2D eigenvalue weighted by molar-refractivity contribution is 0.0642. The molecule has 3 rings (SSSR count). The van der Waals surface area contributed by atoms with Crippen LogP contribution in [0.1, 0.15) is 43.6 Å². The van der Waals surface area contributed by atoms with Crippen molar-refractivity contribution in [2.45, 2.75) is 13.5 Å². The van der Waals surface area contributed by atoms with Crippen molar-refractivity contribution in [3.8, 4) is 5.75 Å². The van der Waals surface area contributed by atoms with Gasteiger partial charge in [-0.25, -0.2) is 0 Å². The van der Waals surface area contributed by atoms with Crippen molar-refractivity contribution in [1.82, 2.24) is 10.2 Å². The molecule has 0 atom stereocenters. The summed E-state index contributed by atoms with van der Waals surface area (Å²) in [6, 6.07) is 11.8. The van der Waals surface area contributed by atoms with Crippen molar-refractivity contribution in [2.24, 2.45) is 5.73 Å². The highest BCUT2D eigenvalue weighted by molar-refractivity contribution is 6.21. The lowest BCUT2D eigenvalue weighted by Crippen LogP contribution is -2.30. The maximum absolute atomic E-state index is 12.5. The first-order valence-corrected chi connectivity index (χ1v) is 8.76. The number of carbonyl (C=O) groups excluding carboxylic acids is 3. The summed E-state index contributed by atoms with van der Waals surface area (Å²) in [5.74, 6) is -0.538. The minimum atomic E-state index is -0.335. The van der Waals surface area contributed by atoms with Gasteiger partial charge < -0.3 is 15.8 Å². The highest BCUT2D eigenvalue weighted by Crippen LogP contribution is 2.26. The number of rotatable bonds is 7. The molecule has 0 radical (unpaired) electrons. The normalized spacial score (nSPS) is 12.4. The van der Waals surface area contributed by atoms with Crippen molar-refractivity contribution in [3.05, 3.63) is 64.7 Å². The average molecular weight is 404 g/mol. The summed E-state index contributed by atoms with van der Waals surface area (Å²) < 4.78 is 5.52. The second-order valence-electron chi connectivity index (χ2n) is 6.05. The highest BCUT2D eigenvalue weighted by atomic mass is 35.5. The third kappa shape index (κ3) is 4.16. The first kappa shape index (κ1) is 21.4. The van der Waals surface area contributed by atoms with Gasteiger partial charge in [0.25, 0.3) is 17.7 Å². The standard InChI is InChI=1S/C20H21N3O4.ClH/c1-2-27-17-8-7-13(11-16(17)18(24)22-10-9-21)12-23-19(25)14-5-3-4-6-15(14)20(23)26;/h3-8,11H,2,9-10,12,21H2,1H3,(H,22,24);1H. The number of benzene rings is 2. The minimum absolute atomic E-state index is 0. The second-order valence-corrected chi connectivity index (χ2v) is 6.05. The number of carbonyl (C=O) groups is 3. The van der Waals surface area contributed by atoms with E-state index in [4.69, 9.17) is 10.5 Å². The van der Waals surface area contributed by atoms with Gasteiger partial charge in [0.2, 0.25) is 0 Å². The molecule has 148 valence electrons. The molecule has 28 heavy (non-hydrogen) atoms. The van der Waals surface area contributed by atoms with E-state index < -0.39 is 0 Å². The van der Waals surface area contributed by atoms with Crippen LogP contribution in [0.25, 0.3) is 0 Å². The summed E-state index contributed by atoms with van der Waals surface area (Å²) in [5, 5.41) is 2.71. The summed E-state index contributed by atoms with van der Waals surface area (Å²) in [7, 11) is 0. The van der Waals surface area contributed by atoms with E-state index in [-0.39, 0.29) is 36.7 Å². The molecule has 2 aromatic carbocycles. The molecule has 0 aliphatic carbocycles. The molecule has 2 aromatic rings. The average Bonchev–Trinajstić information content (AvgIpc) is 2.92. The van der Waals surface area contributed by atoms with Gasteiger partial charge in [0.1, 0.15) is 5.75 Å². The van der Waals surface area contributed by atoms with E-state index in [0.717, 1.165) is 0 Å². The monoisotopic (exact) mass is 403 g/mol. The SMILES string of the molecule is CCOc1ccc(CN2C(=O)c3ccccc3C2=O)cc1C(=O)NCCN.Cl. The summed E-state index contributed by atoms with van der Waals surface area (Å²) in [4.78, 5) is 38.6. The Balaban J connectivity index is 0.00000280. The molecule has 0 fully saturated rings. The number of fused-ring (bicyclic) bond motifs is 1. The number of nitrogens with two attached hydrogens (primary N) is 1. The molecule has 3 N–H and O–H groups in total. The maximum atomic E-state index is 12.5. The van der Waals surface area contributed by atoms with Crippen molar-refractivity contribution >= 4 is 30.1 Å². The van der Waals surface area contributed by atoms with E-state index in [1.807, 2.05) is 6.92 Å². The van der Waals surface area contributed by atoms with E-state index in [1.165, 1.54) is 4.90 Å². The van der Waals surface area contributed by atoms with Gasteiger partial charge in [-0.3, -0.25) is 19.3 Å². The van der Waals surface area contributed by atoms with Crippen LogP contribution in [0, 0.1) is 0 Å². The van der Waals surface area contributed by atoms with Crippen LogP contribution in [-0.2, 0) is 6.54 Å². The molecule has 0 unspecified atom stereocenters. The third-order valence-electron chi connectivity index (χ3n) is 4.24. The fourth-order valence-electron chi connectivity index (χ4n) is 2.98. The zero-order valence-electron chi connectivity index (χ0n) is 15.4. The smallest absolute Gasteiger partial charge is 0.261 e. The van der Waals surface area contributed by atoms with Crippen LogP contribution >= 0.6 is 12.4 Å². The van der Waals surface area contributed by atoms with Crippen LogP contribution in [0.3, 0.4) is 0 Å². The molecule has 0 bridgehead atoms. The topological polar surface area (TPSA) is 102 Å². The number of hydrogen-bond acceptors (Lipinski definition) is 5. The van der Waals surface area contributed by atoms with Gasteiger partial charge in [0.05, 0.1) is 29.8 Å². The van der Waals surface area contributed by atoms with Gasteiger partial charge in [-0.1, -0.05) is 18.2 Å². The lowest BCUT2D eigenvalue weighted by Gasteiger charge is -2.16. The Bertz CT molecular complexity index is 866. The van der Waals surface area contributed by atoms with E-state index in [1.54, 1.807) is 42.5 Å². The van der Waals surface area contributed by atoms with Gasteiger partial charge in [-0.15, -0.1) is 12.4 Å². The molecule has 1 heterocycles. The fraction of sp³-hybridized carbons (Fsp3) is 0.250. The van der Waals surface area contributed by atoms with E-state index in [0.29, 0.717) is 47.7 Å². The Morgan fingerprint density at radius 1 is 1.11 bits per heavy atom. The summed E-state index contributed by atoms with van der Waals surface area (Å²) >= 11 is 0. The molecule has 0 aromatic heterocycles. The lowest BCUT2D eigenvalue weighted by atomic mass is 10.1. The number of nitrogens with one attached hydrogen (secondary N) is 1. The molecular weight excluding hydrogens is 382 g/mol. The Kier molecular flexibility index (Phi) is 7.14. The van der Waals surface area contributed by atoms with Crippen molar-refractivity contribution in [3.63, 3.8) is 0 Å². The summed E-state index contributed by atoms with van der Waals surface area (Å²) in [6.45, 7) is 2.98.